The van der Waals surface area contributed by atoms with E-state index in [4.69, 9.17) is 21.1 Å². The average Bonchev–Trinajstić information content (AvgIpc) is 2.75. The number of benzene rings is 3. The molecule has 0 aliphatic heterocycles. The van der Waals surface area contributed by atoms with Crippen LogP contribution in [-0.2, 0) is 6.61 Å². The largest absolute Gasteiger partial charge is 0.493 e. The lowest BCUT2D eigenvalue weighted by Crippen LogP contribution is -2.24. The van der Waals surface area contributed by atoms with E-state index in [0.29, 0.717) is 28.8 Å². The Morgan fingerprint density at radius 2 is 1.77 bits per heavy atom. The molecular weight excluding hydrogens is 402 g/mol. The highest BCUT2D eigenvalue weighted by atomic mass is 35.5. The second-order valence-corrected chi connectivity index (χ2v) is 6.95. The van der Waals surface area contributed by atoms with E-state index < -0.39 is 6.03 Å². The van der Waals surface area contributed by atoms with Gasteiger partial charge in [-0.15, -0.1) is 0 Å². The maximum atomic E-state index is 11.9. The summed E-state index contributed by atoms with van der Waals surface area (Å²) >= 11 is 5.83. The van der Waals surface area contributed by atoms with Gasteiger partial charge in [0.05, 0.1) is 13.3 Å². The minimum absolute atomic E-state index is 0.416. The van der Waals surface area contributed by atoms with Gasteiger partial charge in [-0.1, -0.05) is 41.4 Å². The highest BCUT2D eigenvalue weighted by Gasteiger charge is 2.06. The van der Waals surface area contributed by atoms with Crippen LogP contribution in [0.4, 0.5) is 10.5 Å². The van der Waals surface area contributed by atoms with Gasteiger partial charge < -0.3 is 14.8 Å². The zero-order valence-corrected chi connectivity index (χ0v) is 17.4. The molecule has 0 heterocycles. The van der Waals surface area contributed by atoms with E-state index in [1.54, 1.807) is 43.5 Å². The summed E-state index contributed by atoms with van der Waals surface area (Å²) < 4.78 is 11.3. The zero-order chi connectivity index (χ0) is 21.3. The second kappa shape index (κ2) is 10.3. The fraction of sp³-hybridized carbons (Fsp3) is 0.130. The number of ether oxygens (including phenoxy) is 2. The molecule has 0 spiro atoms. The van der Waals surface area contributed by atoms with E-state index in [-0.39, 0.29) is 0 Å². The molecule has 3 aromatic rings. The number of carbonyl (C=O) groups excluding carboxylic acids is 1. The smallest absolute Gasteiger partial charge is 0.339 e. The van der Waals surface area contributed by atoms with Gasteiger partial charge in [-0.05, 0) is 60.5 Å². The Hall–Kier alpha value is -3.51. The molecule has 0 saturated heterocycles. The molecule has 0 fully saturated rings. The molecule has 0 unspecified atom stereocenters. The SMILES string of the molecule is COc1ccc(/C=N\NC(=O)Nc2ccc(Cl)cc2)cc1OCc1ccc(C)cc1. The van der Waals surface area contributed by atoms with Crippen molar-refractivity contribution in [1.82, 2.24) is 5.43 Å². The third-order valence-corrected chi connectivity index (χ3v) is 4.44. The normalized spacial score (nSPS) is 10.6. The van der Waals surface area contributed by atoms with Crippen molar-refractivity contribution in [2.75, 3.05) is 12.4 Å². The Morgan fingerprint density at radius 1 is 1.03 bits per heavy atom. The van der Waals surface area contributed by atoms with Gasteiger partial charge in [0.25, 0.3) is 0 Å². The van der Waals surface area contributed by atoms with Crippen LogP contribution in [-0.4, -0.2) is 19.4 Å². The highest BCUT2D eigenvalue weighted by Crippen LogP contribution is 2.28. The standard InChI is InChI=1S/C23H22ClN3O3/c1-16-3-5-17(6-4-16)15-30-22-13-18(7-12-21(22)29-2)14-25-27-23(28)26-20-10-8-19(24)9-11-20/h3-14H,15H2,1-2H3,(H2,26,27,28)/b25-14-. The van der Waals surface area contributed by atoms with Crippen LogP contribution in [0.15, 0.2) is 71.8 Å². The summed E-state index contributed by atoms with van der Waals surface area (Å²) in [5.74, 6) is 1.21. The van der Waals surface area contributed by atoms with Gasteiger partial charge in [0.15, 0.2) is 11.5 Å². The molecule has 0 atom stereocenters. The van der Waals surface area contributed by atoms with E-state index in [0.717, 1.165) is 11.1 Å². The predicted octanol–water partition coefficient (Wildman–Crippen LogP) is 5.39. The molecule has 0 aromatic heterocycles. The Kier molecular flexibility index (Phi) is 7.29. The Bertz CT molecular complexity index is 1020. The monoisotopic (exact) mass is 423 g/mol. The van der Waals surface area contributed by atoms with Crippen molar-refractivity contribution in [3.63, 3.8) is 0 Å². The predicted molar refractivity (Wildman–Crippen MR) is 120 cm³/mol. The first-order valence-corrected chi connectivity index (χ1v) is 9.63. The summed E-state index contributed by atoms with van der Waals surface area (Å²) in [5.41, 5.74) is 6.04. The summed E-state index contributed by atoms with van der Waals surface area (Å²) in [6.07, 6.45) is 1.53. The molecule has 3 rings (SSSR count). The van der Waals surface area contributed by atoms with Crippen LogP contribution in [0.2, 0.25) is 5.02 Å². The van der Waals surface area contributed by atoms with Crippen LogP contribution >= 0.6 is 11.6 Å². The van der Waals surface area contributed by atoms with Crippen molar-refractivity contribution in [2.45, 2.75) is 13.5 Å². The van der Waals surface area contributed by atoms with Crippen molar-refractivity contribution < 1.29 is 14.3 Å². The summed E-state index contributed by atoms with van der Waals surface area (Å²) in [6.45, 7) is 2.46. The van der Waals surface area contributed by atoms with Crippen molar-refractivity contribution in [3.8, 4) is 11.5 Å². The molecule has 3 aromatic carbocycles. The molecule has 0 saturated carbocycles. The Labute approximate surface area is 180 Å². The van der Waals surface area contributed by atoms with Crippen LogP contribution in [0.3, 0.4) is 0 Å². The van der Waals surface area contributed by atoms with Gasteiger partial charge in [0.1, 0.15) is 6.61 Å². The number of methoxy groups -OCH3 is 1. The summed E-state index contributed by atoms with van der Waals surface area (Å²) in [7, 11) is 1.59. The van der Waals surface area contributed by atoms with Gasteiger partial charge in [-0.2, -0.15) is 5.10 Å². The Morgan fingerprint density at radius 3 is 2.47 bits per heavy atom. The molecule has 154 valence electrons. The highest BCUT2D eigenvalue weighted by molar-refractivity contribution is 6.30. The van der Waals surface area contributed by atoms with Crippen LogP contribution in [0.1, 0.15) is 16.7 Å². The molecule has 2 amide bonds. The third kappa shape index (κ3) is 6.25. The van der Waals surface area contributed by atoms with E-state index in [2.05, 4.69) is 15.8 Å². The number of aryl methyl sites for hydroxylation is 1. The number of anilines is 1. The average molecular weight is 424 g/mol. The van der Waals surface area contributed by atoms with Crippen LogP contribution in [0, 0.1) is 6.92 Å². The lowest BCUT2D eigenvalue weighted by molar-refractivity contribution is 0.252. The number of hydrazone groups is 1. The van der Waals surface area contributed by atoms with E-state index >= 15 is 0 Å². The molecule has 0 radical (unpaired) electrons. The van der Waals surface area contributed by atoms with Crippen molar-refractivity contribution in [1.29, 1.82) is 0 Å². The number of urea groups is 1. The van der Waals surface area contributed by atoms with Crippen molar-refractivity contribution in [3.05, 3.63) is 88.4 Å². The zero-order valence-electron chi connectivity index (χ0n) is 16.7. The van der Waals surface area contributed by atoms with Gasteiger partial charge in [0, 0.05) is 10.7 Å². The van der Waals surface area contributed by atoms with Crippen molar-refractivity contribution in [2.24, 2.45) is 5.10 Å². The first kappa shape index (κ1) is 21.2. The molecular formula is C23H22ClN3O3. The molecule has 6 nitrogen and oxygen atoms in total. The minimum atomic E-state index is -0.460. The summed E-state index contributed by atoms with van der Waals surface area (Å²) in [6, 6.07) is 19.9. The first-order valence-electron chi connectivity index (χ1n) is 9.25. The molecule has 0 aliphatic rings. The van der Waals surface area contributed by atoms with Crippen LogP contribution < -0.4 is 20.2 Å². The van der Waals surface area contributed by atoms with Crippen LogP contribution in [0.25, 0.3) is 0 Å². The number of nitrogens with one attached hydrogen (secondary N) is 2. The maximum Gasteiger partial charge on any atom is 0.339 e. The van der Waals surface area contributed by atoms with Gasteiger partial charge in [-0.3, -0.25) is 0 Å². The number of hydrogen-bond donors (Lipinski definition) is 2. The maximum absolute atomic E-state index is 11.9. The number of rotatable bonds is 7. The topological polar surface area (TPSA) is 72.0 Å². The Balaban J connectivity index is 1.59. The van der Waals surface area contributed by atoms with Gasteiger partial charge in [-0.25, -0.2) is 10.2 Å². The molecule has 0 bridgehead atoms. The summed E-state index contributed by atoms with van der Waals surface area (Å²) in [5, 5.41) is 7.23. The number of carbonyl (C=O) groups is 1. The van der Waals surface area contributed by atoms with E-state index in [1.807, 2.05) is 37.3 Å². The quantitative estimate of drug-likeness (QED) is 0.395. The molecule has 30 heavy (non-hydrogen) atoms. The minimum Gasteiger partial charge on any atom is -0.493 e. The van der Waals surface area contributed by atoms with Crippen molar-refractivity contribution >= 4 is 29.5 Å². The second-order valence-electron chi connectivity index (χ2n) is 6.52. The lowest BCUT2D eigenvalue weighted by atomic mass is 10.1. The number of nitrogens with zero attached hydrogens (tertiary/aromatic N) is 1. The number of hydrogen-bond acceptors (Lipinski definition) is 4. The number of halogens is 1. The van der Waals surface area contributed by atoms with Gasteiger partial charge >= 0.3 is 6.03 Å². The van der Waals surface area contributed by atoms with E-state index in [1.165, 1.54) is 11.8 Å². The fourth-order valence-corrected chi connectivity index (χ4v) is 2.72. The molecule has 7 heteroatoms. The number of amides is 2. The molecule has 2 N–H and O–H groups in total. The summed E-state index contributed by atoms with van der Waals surface area (Å²) in [4.78, 5) is 11.9. The fourth-order valence-electron chi connectivity index (χ4n) is 2.59. The van der Waals surface area contributed by atoms with Gasteiger partial charge in [0.2, 0.25) is 0 Å². The van der Waals surface area contributed by atoms with E-state index in [9.17, 15) is 4.79 Å². The lowest BCUT2D eigenvalue weighted by Gasteiger charge is -2.11. The first-order chi connectivity index (χ1) is 14.5. The third-order valence-electron chi connectivity index (χ3n) is 4.18. The van der Waals surface area contributed by atoms with Crippen LogP contribution in [0.5, 0.6) is 11.5 Å². The molecule has 0 aliphatic carbocycles.